The molecule has 2 aromatic rings. The Balaban J connectivity index is 2.16. The van der Waals surface area contributed by atoms with Crippen LogP contribution in [0.25, 0.3) is 0 Å². The first-order valence-corrected chi connectivity index (χ1v) is 7.53. The van der Waals surface area contributed by atoms with Crippen LogP contribution in [0, 0.1) is 11.3 Å². The van der Waals surface area contributed by atoms with Crippen molar-refractivity contribution in [1.82, 2.24) is 0 Å². The van der Waals surface area contributed by atoms with E-state index >= 15 is 0 Å². The van der Waals surface area contributed by atoms with Crippen LogP contribution in [-0.2, 0) is 10.8 Å². The van der Waals surface area contributed by atoms with Gasteiger partial charge in [0.1, 0.15) is 5.75 Å². The van der Waals surface area contributed by atoms with Gasteiger partial charge in [0.2, 0.25) is 0 Å². The van der Waals surface area contributed by atoms with E-state index in [-0.39, 0.29) is 11.7 Å². The van der Waals surface area contributed by atoms with Gasteiger partial charge in [-0.25, -0.2) is 0 Å². The van der Waals surface area contributed by atoms with Crippen molar-refractivity contribution >= 4 is 10.8 Å². The molecule has 102 valence electrons. The summed E-state index contributed by atoms with van der Waals surface area (Å²) in [6.07, 6.45) is 0. The first-order valence-electron chi connectivity index (χ1n) is 6.21. The van der Waals surface area contributed by atoms with Gasteiger partial charge in [-0.05, 0) is 23.8 Å². The van der Waals surface area contributed by atoms with E-state index < -0.39 is 10.8 Å². The van der Waals surface area contributed by atoms with Crippen molar-refractivity contribution in [3.05, 3.63) is 60.2 Å². The molecule has 2 aromatic carbocycles. The summed E-state index contributed by atoms with van der Waals surface area (Å²) < 4.78 is 17.5. The molecule has 0 saturated carbocycles. The number of benzene rings is 2. The summed E-state index contributed by atoms with van der Waals surface area (Å²) in [6.45, 7) is 0. The molecule has 0 aliphatic rings. The van der Waals surface area contributed by atoms with Crippen LogP contribution in [0.1, 0.15) is 11.5 Å². The lowest BCUT2D eigenvalue weighted by molar-refractivity contribution is 0.413. The van der Waals surface area contributed by atoms with Crippen molar-refractivity contribution in [2.45, 2.75) is 10.8 Å². The molecule has 0 fully saturated rings. The van der Waals surface area contributed by atoms with Crippen molar-refractivity contribution in [2.75, 3.05) is 12.9 Å². The summed E-state index contributed by atoms with van der Waals surface area (Å²) in [5.41, 5.74) is 0.895. The number of rotatable bonds is 5. The fourth-order valence-electron chi connectivity index (χ4n) is 1.88. The summed E-state index contributed by atoms with van der Waals surface area (Å²) >= 11 is 0. The van der Waals surface area contributed by atoms with Crippen molar-refractivity contribution < 1.29 is 8.95 Å². The Morgan fingerprint density at radius 2 is 1.95 bits per heavy atom. The maximum absolute atomic E-state index is 12.4. The first-order chi connectivity index (χ1) is 9.74. The Bertz CT molecular complexity index is 634. The Morgan fingerprint density at radius 3 is 2.60 bits per heavy atom. The minimum Gasteiger partial charge on any atom is -0.497 e. The number of methoxy groups -OCH3 is 1. The third kappa shape index (κ3) is 3.46. The second-order valence-electron chi connectivity index (χ2n) is 4.28. The van der Waals surface area contributed by atoms with Crippen LogP contribution in [0.3, 0.4) is 0 Å². The van der Waals surface area contributed by atoms with Gasteiger partial charge in [-0.15, -0.1) is 0 Å². The largest absolute Gasteiger partial charge is 0.497 e. The summed E-state index contributed by atoms with van der Waals surface area (Å²) in [7, 11) is 0.345. The molecule has 0 aliphatic carbocycles. The van der Waals surface area contributed by atoms with Crippen molar-refractivity contribution in [3.63, 3.8) is 0 Å². The normalized spacial score (nSPS) is 13.2. The quantitative estimate of drug-likeness (QED) is 0.848. The molecule has 0 N–H and O–H groups in total. The molecule has 3 nitrogen and oxygen atoms in total. The highest BCUT2D eigenvalue weighted by molar-refractivity contribution is 7.85. The third-order valence-electron chi connectivity index (χ3n) is 2.98. The van der Waals surface area contributed by atoms with Crippen molar-refractivity contribution in [3.8, 4) is 11.8 Å². The minimum atomic E-state index is -1.23. The Hall–Kier alpha value is -2.12. The van der Waals surface area contributed by atoms with Gasteiger partial charge < -0.3 is 4.74 Å². The standard InChI is InChI=1S/C16H15NO2S/c1-19-15-8-5-9-16(10-15)20(18)12-14(11-17)13-6-3-2-4-7-13/h2-10,14H,12H2,1H3. The molecule has 0 radical (unpaired) electrons. The number of ether oxygens (including phenoxy) is 1. The highest BCUT2D eigenvalue weighted by atomic mass is 32.2. The van der Waals surface area contributed by atoms with E-state index in [1.54, 1.807) is 31.4 Å². The van der Waals surface area contributed by atoms with E-state index in [1.165, 1.54) is 0 Å². The first kappa shape index (κ1) is 14.3. The van der Waals surface area contributed by atoms with Crippen LogP contribution >= 0.6 is 0 Å². The highest BCUT2D eigenvalue weighted by Gasteiger charge is 2.15. The Kier molecular flexibility index (Phi) is 4.91. The maximum atomic E-state index is 12.4. The molecule has 0 bridgehead atoms. The zero-order valence-corrected chi connectivity index (χ0v) is 12.0. The fraction of sp³-hybridized carbons (Fsp3) is 0.188. The SMILES string of the molecule is COc1cccc(S(=O)CC(C#N)c2ccccc2)c1. The number of hydrogen-bond donors (Lipinski definition) is 0. The molecule has 4 heteroatoms. The van der Waals surface area contributed by atoms with E-state index in [0.29, 0.717) is 10.6 Å². The molecule has 20 heavy (non-hydrogen) atoms. The minimum absolute atomic E-state index is 0.285. The van der Waals surface area contributed by atoms with Crippen LogP contribution in [-0.4, -0.2) is 17.1 Å². The van der Waals surface area contributed by atoms with Crippen LogP contribution in [0.5, 0.6) is 5.75 Å². The predicted octanol–water partition coefficient (Wildman–Crippen LogP) is 3.11. The molecule has 2 rings (SSSR count). The molecule has 0 aliphatic heterocycles. The molecule has 0 saturated heterocycles. The number of hydrogen-bond acceptors (Lipinski definition) is 3. The lowest BCUT2D eigenvalue weighted by atomic mass is 10.0. The molecule has 0 amide bonds. The molecule has 2 atom stereocenters. The maximum Gasteiger partial charge on any atom is 0.120 e. The molecule has 0 aromatic heterocycles. The Morgan fingerprint density at radius 1 is 1.20 bits per heavy atom. The van der Waals surface area contributed by atoms with E-state index in [9.17, 15) is 9.47 Å². The Labute approximate surface area is 121 Å². The zero-order chi connectivity index (χ0) is 14.4. The van der Waals surface area contributed by atoms with E-state index in [1.807, 2.05) is 30.3 Å². The molecule has 2 unspecified atom stereocenters. The fourth-order valence-corrected chi connectivity index (χ4v) is 3.12. The van der Waals surface area contributed by atoms with Crippen LogP contribution < -0.4 is 4.74 Å². The average molecular weight is 285 g/mol. The van der Waals surface area contributed by atoms with Gasteiger partial charge in [-0.2, -0.15) is 5.26 Å². The van der Waals surface area contributed by atoms with Gasteiger partial charge in [0.05, 0.1) is 29.9 Å². The lowest BCUT2D eigenvalue weighted by Gasteiger charge is -2.10. The molecular weight excluding hydrogens is 270 g/mol. The van der Waals surface area contributed by atoms with Crippen LogP contribution in [0.15, 0.2) is 59.5 Å². The molecule has 0 spiro atoms. The summed E-state index contributed by atoms with van der Waals surface area (Å²) in [5.74, 6) is 0.584. The second kappa shape index (κ2) is 6.88. The predicted molar refractivity (Wildman–Crippen MR) is 79.1 cm³/mol. The highest BCUT2D eigenvalue weighted by Crippen LogP contribution is 2.21. The van der Waals surface area contributed by atoms with Crippen LogP contribution in [0.2, 0.25) is 0 Å². The smallest absolute Gasteiger partial charge is 0.120 e. The van der Waals surface area contributed by atoms with Crippen LogP contribution in [0.4, 0.5) is 0 Å². The molecular formula is C16H15NO2S. The van der Waals surface area contributed by atoms with Gasteiger partial charge in [0, 0.05) is 10.6 Å². The third-order valence-corrected chi connectivity index (χ3v) is 4.40. The van der Waals surface area contributed by atoms with Gasteiger partial charge in [-0.1, -0.05) is 36.4 Å². The van der Waals surface area contributed by atoms with E-state index in [4.69, 9.17) is 4.74 Å². The molecule has 0 heterocycles. The summed E-state index contributed by atoms with van der Waals surface area (Å²) in [5, 5.41) is 9.27. The number of nitriles is 1. The second-order valence-corrected chi connectivity index (χ2v) is 5.78. The summed E-state index contributed by atoms with van der Waals surface area (Å²) in [4.78, 5) is 0.681. The van der Waals surface area contributed by atoms with E-state index in [0.717, 1.165) is 5.56 Å². The van der Waals surface area contributed by atoms with Crippen molar-refractivity contribution in [2.24, 2.45) is 0 Å². The van der Waals surface area contributed by atoms with Gasteiger partial charge in [0.15, 0.2) is 0 Å². The van der Waals surface area contributed by atoms with Gasteiger partial charge in [0.25, 0.3) is 0 Å². The van der Waals surface area contributed by atoms with Crippen molar-refractivity contribution in [1.29, 1.82) is 5.26 Å². The monoisotopic (exact) mass is 285 g/mol. The van der Waals surface area contributed by atoms with E-state index in [2.05, 4.69) is 6.07 Å². The van der Waals surface area contributed by atoms with Gasteiger partial charge in [-0.3, -0.25) is 4.21 Å². The zero-order valence-electron chi connectivity index (χ0n) is 11.2. The topological polar surface area (TPSA) is 50.1 Å². The lowest BCUT2D eigenvalue weighted by Crippen LogP contribution is -2.08. The number of nitrogens with zero attached hydrogens (tertiary/aromatic N) is 1. The van der Waals surface area contributed by atoms with Gasteiger partial charge >= 0.3 is 0 Å². The summed E-state index contributed by atoms with van der Waals surface area (Å²) in [6, 6.07) is 18.8. The average Bonchev–Trinajstić information content (AvgIpc) is 2.53.